The molecular weight excluding hydrogens is 450 g/mol. The van der Waals surface area contributed by atoms with Crippen LogP contribution in [0.15, 0.2) is 29.2 Å². The van der Waals surface area contributed by atoms with Gasteiger partial charge in [0.05, 0.1) is 29.1 Å². The summed E-state index contributed by atoms with van der Waals surface area (Å²) in [6, 6.07) is 6.93. The molecule has 170 valence electrons. The maximum absolute atomic E-state index is 13.0. The van der Waals surface area contributed by atoms with E-state index in [0.717, 1.165) is 24.8 Å². The lowest BCUT2D eigenvalue weighted by molar-refractivity contribution is 0.0464. The monoisotopic (exact) mass is 475 g/mol. The van der Waals surface area contributed by atoms with Gasteiger partial charge in [-0.2, -0.15) is 4.31 Å². The fourth-order valence-electron chi connectivity index (χ4n) is 4.35. The lowest BCUT2D eigenvalue weighted by atomic mass is 10.2. The Kier molecular flexibility index (Phi) is 5.79. The van der Waals surface area contributed by atoms with E-state index in [2.05, 4.69) is 4.98 Å². The minimum absolute atomic E-state index is 0.0372. The van der Waals surface area contributed by atoms with E-state index in [1.807, 2.05) is 17.6 Å². The number of carbonyl (C=O) groups is 1. The van der Waals surface area contributed by atoms with Crippen LogP contribution in [0.25, 0.3) is 11.0 Å². The van der Waals surface area contributed by atoms with Crippen molar-refractivity contribution in [2.75, 3.05) is 26.3 Å². The van der Waals surface area contributed by atoms with Crippen molar-refractivity contribution in [3.63, 3.8) is 0 Å². The number of morpholine rings is 1. The molecular formula is C22H25N3O5S2. The summed E-state index contributed by atoms with van der Waals surface area (Å²) in [4.78, 5) is 19.3. The first-order valence-corrected chi connectivity index (χ1v) is 13.1. The summed E-state index contributed by atoms with van der Waals surface area (Å²) in [5.41, 5.74) is 2.65. The van der Waals surface area contributed by atoms with Crippen molar-refractivity contribution in [3.8, 4) is 0 Å². The molecule has 0 saturated carbocycles. The number of rotatable bonds is 6. The third-order valence-electron chi connectivity index (χ3n) is 6.00. The van der Waals surface area contributed by atoms with Gasteiger partial charge in [0, 0.05) is 24.5 Å². The summed E-state index contributed by atoms with van der Waals surface area (Å²) in [5.74, 6) is 0.260. The first kappa shape index (κ1) is 21.6. The summed E-state index contributed by atoms with van der Waals surface area (Å²) in [5, 5.41) is 0. The molecule has 8 nitrogen and oxygen atoms in total. The molecule has 1 aromatic carbocycles. The number of hydrogen-bond donors (Lipinski definition) is 0. The third-order valence-corrected chi connectivity index (χ3v) is 9.11. The van der Waals surface area contributed by atoms with E-state index >= 15 is 0 Å². The van der Waals surface area contributed by atoms with E-state index in [4.69, 9.17) is 9.47 Å². The van der Waals surface area contributed by atoms with E-state index in [9.17, 15) is 13.2 Å². The highest BCUT2D eigenvalue weighted by Crippen LogP contribution is 2.31. The number of thiophene rings is 1. The molecule has 5 rings (SSSR count). The van der Waals surface area contributed by atoms with Gasteiger partial charge in [-0.1, -0.05) is 0 Å². The maximum atomic E-state index is 13.0. The number of ether oxygens (including phenoxy) is 2. The summed E-state index contributed by atoms with van der Waals surface area (Å²) < 4.78 is 40.2. The number of aryl methyl sites for hydroxylation is 3. The predicted molar refractivity (Wildman–Crippen MR) is 120 cm³/mol. The Morgan fingerprint density at radius 3 is 2.78 bits per heavy atom. The predicted octanol–water partition coefficient (Wildman–Crippen LogP) is 2.98. The molecule has 3 aromatic rings. The fourth-order valence-corrected chi connectivity index (χ4v) is 6.93. The van der Waals surface area contributed by atoms with Crippen LogP contribution in [0.5, 0.6) is 0 Å². The van der Waals surface area contributed by atoms with Crippen molar-refractivity contribution in [2.45, 2.75) is 44.2 Å². The van der Waals surface area contributed by atoms with Crippen LogP contribution in [0.2, 0.25) is 0 Å². The molecule has 32 heavy (non-hydrogen) atoms. The summed E-state index contributed by atoms with van der Waals surface area (Å²) in [7, 11) is -3.60. The normalized spacial score (nSPS) is 17.0. The zero-order valence-electron chi connectivity index (χ0n) is 17.9. The van der Waals surface area contributed by atoms with E-state index in [1.54, 1.807) is 18.2 Å². The molecule has 0 amide bonds. The lowest BCUT2D eigenvalue weighted by Gasteiger charge is -2.26. The number of sulfonamides is 1. The van der Waals surface area contributed by atoms with Gasteiger partial charge >= 0.3 is 5.97 Å². The van der Waals surface area contributed by atoms with Gasteiger partial charge in [0.15, 0.2) is 0 Å². The van der Waals surface area contributed by atoms with Crippen LogP contribution in [0.4, 0.5) is 0 Å². The molecule has 1 saturated heterocycles. The molecule has 0 unspecified atom stereocenters. The maximum Gasteiger partial charge on any atom is 0.348 e. The first-order valence-electron chi connectivity index (χ1n) is 10.8. The quantitative estimate of drug-likeness (QED) is 0.509. The van der Waals surface area contributed by atoms with Crippen LogP contribution in [-0.4, -0.2) is 54.5 Å². The standard InChI is InChI=1S/C22H25N3O5S2/c1-2-25-18-7-6-16(32(27,28)24-8-10-29-11-9-24)13-17(18)23-21(25)14-30-22(26)20-12-15-4-3-5-19(15)31-20/h6-7,12-13H,2-5,8-11,14H2,1H3. The molecule has 0 bridgehead atoms. The highest BCUT2D eigenvalue weighted by molar-refractivity contribution is 7.89. The van der Waals surface area contributed by atoms with Crippen LogP contribution in [0.3, 0.4) is 0 Å². The number of fused-ring (bicyclic) bond motifs is 2. The first-order chi connectivity index (χ1) is 15.5. The average molecular weight is 476 g/mol. The Hall–Kier alpha value is -2.27. The van der Waals surface area contributed by atoms with Gasteiger partial charge in [-0.3, -0.25) is 0 Å². The lowest BCUT2D eigenvalue weighted by Crippen LogP contribution is -2.40. The Labute approximate surface area is 190 Å². The van der Waals surface area contributed by atoms with E-state index in [1.165, 1.54) is 26.1 Å². The Morgan fingerprint density at radius 2 is 2.03 bits per heavy atom. The molecule has 1 fully saturated rings. The molecule has 2 aromatic heterocycles. The number of aromatic nitrogens is 2. The smallest absolute Gasteiger partial charge is 0.348 e. The second kappa shape index (κ2) is 8.58. The van der Waals surface area contributed by atoms with Gasteiger partial charge in [-0.15, -0.1) is 11.3 Å². The second-order valence-electron chi connectivity index (χ2n) is 7.93. The summed E-state index contributed by atoms with van der Waals surface area (Å²) in [6.07, 6.45) is 3.22. The Balaban J connectivity index is 1.37. The van der Waals surface area contributed by atoms with Gasteiger partial charge in [0.1, 0.15) is 17.3 Å². The van der Waals surface area contributed by atoms with Crippen LogP contribution < -0.4 is 0 Å². The van der Waals surface area contributed by atoms with E-state index < -0.39 is 10.0 Å². The molecule has 0 spiro atoms. The van der Waals surface area contributed by atoms with Crippen molar-refractivity contribution < 1.29 is 22.7 Å². The third kappa shape index (κ3) is 3.85. The van der Waals surface area contributed by atoms with Gasteiger partial charge < -0.3 is 14.0 Å². The van der Waals surface area contributed by atoms with Crippen LogP contribution >= 0.6 is 11.3 Å². The Bertz CT molecular complexity index is 1250. The molecule has 1 aliphatic heterocycles. The zero-order valence-corrected chi connectivity index (χ0v) is 19.5. The van der Waals surface area contributed by atoms with Gasteiger partial charge in [-0.25, -0.2) is 18.2 Å². The molecule has 0 radical (unpaired) electrons. The summed E-state index contributed by atoms with van der Waals surface area (Å²) in [6.45, 7) is 4.13. The second-order valence-corrected chi connectivity index (χ2v) is 11.0. The molecule has 10 heteroatoms. The van der Waals surface area contributed by atoms with Crippen LogP contribution in [0, 0.1) is 0 Å². The van der Waals surface area contributed by atoms with Gasteiger partial charge in [-0.05, 0) is 56.0 Å². The van der Waals surface area contributed by atoms with Gasteiger partial charge in [0.2, 0.25) is 10.0 Å². The van der Waals surface area contributed by atoms with E-state index in [0.29, 0.717) is 49.1 Å². The number of hydrogen-bond acceptors (Lipinski definition) is 7. The largest absolute Gasteiger partial charge is 0.453 e. The highest BCUT2D eigenvalue weighted by atomic mass is 32.2. The van der Waals surface area contributed by atoms with Crippen LogP contribution in [0.1, 0.15) is 39.3 Å². The topological polar surface area (TPSA) is 90.7 Å². The summed E-state index contributed by atoms with van der Waals surface area (Å²) >= 11 is 1.52. The van der Waals surface area contributed by atoms with Crippen molar-refractivity contribution in [1.29, 1.82) is 0 Å². The molecule has 1 aliphatic carbocycles. The molecule has 0 atom stereocenters. The SMILES string of the molecule is CCn1c(COC(=O)c2cc3c(s2)CCC3)nc2cc(S(=O)(=O)N3CCOCC3)ccc21. The van der Waals surface area contributed by atoms with Crippen molar-refractivity contribution in [3.05, 3.63) is 45.4 Å². The molecule has 3 heterocycles. The Morgan fingerprint density at radius 1 is 1.22 bits per heavy atom. The van der Waals surface area contributed by atoms with E-state index in [-0.39, 0.29) is 17.5 Å². The van der Waals surface area contributed by atoms with Crippen molar-refractivity contribution in [2.24, 2.45) is 0 Å². The number of esters is 1. The van der Waals surface area contributed by atoms with Gasteiger partial charge in [0.25, 0.3) is 0 Å². The minimum Gasteiger partial charge on any atom is -0.453 e. The molecule has 0 N–H and O–H groups in total. The van der Waals surface area contributed by atoms with Crippen molar-refractivity contribution in [1.82, 2.24) is 13.9 Å². The zero-order chi connectivity index (χ0) is 22.3. The van der Waals surface area contributed by atoms with Crippen molar-refractivity contribution >= 4 is 38.4 Å². The number of benzene rings is 1. The van der Waals surface area contributed by atoms with Crippen LogP contribution in [-0.2, 0) is 45.5 Å². The highest BCUT2D eigenvalue weighted by Gasteiger charge is 2.27. The minimum atomic E-state index is -3.60. The number of carbonyl (C=O) groups excluding carboxylic acids is 1. The number of imidazole rings is 1. The fraction of sp³-hybridized carbons (Fsp3) is 0.455. The number of nitrogens with zero attached hydrogens (tertiary/aromatic N) is 3. The molecule has 2 aliphatic rings. The average Bonchev–Trinajstić information content (AvgIpc) is 3.50.